The van der Waals surface area contributed by atoms with Crippen molar-refractivity contribution in [3.63, 3.8) is 0 Å². The Morgan fingerprint density at radius 2 is 1.93 bits per heavy atom. The van der Waals surface area contributed by atoms with E-state index < -0.39 is 12.9 Å². The van der Waals surface area contributed by atoms with E-state index in [1.807, 2.05) is 0 Å². The van der Waals surface area contributed by atoms with Crippen LogP contribution in [0.15, 0.2) is 18.2 Å². The fourth-order valence-electron chi connectivity index (χ4n) is 1.27. The molecule has 0 atom stereocenters. The summed E-state index contributed by atoms with van der Waals surface area (Å²) in [5.41, 5.74) is 0.0767. The summed E-state index contributed by atoms with van der Waals surface area (Å²) in [6, 6.07) is 3.86. The summed E-state index contributed by atoms with van der Waals surface area (Å²) in [6.45, 7) is 0. The van der Waals surface area contributed by atoms with E-state index in [0.717, 1.165) is 17.4 Å². The standard InChI is InChI=1S/C8H6BFO3S/c10-6-3-5(9(12)13)1-4-2-7(11)14-8(4)6/h1-3,11-13H. The molecule has 0 aliphatic rings. The molecule has 0 radical (unpaired) electrons. The van der Waals surface area contributed by atoms with Crippen LogP contribution < -0.4 is 5.46 Å². The lowest BCUT2D eigenvalue weighted by molar-refractivity contribution is 0.425. The molecule has 0 aliphatic heterocycles. The van der Waals surface area contributed by atoms with Gasteiger partial charge in [-0.25, -0.2) is 4.39 Å². The Bertz CT molecular complexity index is 483. The SMILES string of the molecule is OB(O)c1cc(F)c2sc(O)cc2c1. The highest BCUT2D eigenvalue weighted by atomic mass is 32.1. The van der Waals surface area contributed by atoms with Crippen LogP contribution in [0.4, 0.5) is 4.39 Å². The first-order valence-corrected chi connectivity index (χ1v) is 4.67. The Balaban J connectivity index is 2.71. The summed E-state index contributed by atoms with van der Waals surface area (Å²) in [5.74, 6) is -0.559. The number of aromatic hydroxyl groups is 1. The van der Waals surface area contributed by atoms with Crippen molar-refractivity contribution in [2.24, 2.45) is 0 Å². The number of fused-ring (bicyclic) bond motifs is 1. The molecule has 2 aromatic rings. The second kappa shape index (κ2) is 3.23. The van der Waals surface area contributed by atoms with E-state index in [1.165, 1.54) is 12.1 Å². The molecule has 2 rings (SSSR count). The molecule has 3 N–H and O–H groups in total. The molecule has 1 aromatic carbocycles. The van der Waals surface area contributed by atoms with Crippen LogP contribution in [0.2, 0.25) is 0 Å². The van der Waals surface area contributed by atoms with Gasteiger partial charge in [0.25, 0.3) is 0 Å². The zero-order chi connectivity index (χ0) is 10.3. The van der Waals surface area contributed by atoms with E-state index in [-0.39, 0.29) is 10.5 Å². The lowest BCUT2D eigenvalue weighted by atomic mass is 9.80. The molecule has 0 spiro atoms. The maximum absolute atomic E-state index is 13.3. The maximum atomic E-state index is 13.3. The highest BCUT2D eigenvalue weighted by Gasteiger charge is 2.15. The number of benzene rings is 1. The Morgan fingerprint density at radius 3 is 2.57 bits per heavy atom. The molecule has 0 bridgehead atoms. The molecule has 1 aromatic heterocycles. The van der Waals surface area contributed by atoms with Gasteiger partial charge in [-0.05, 0) is 23.0 Å². The van der Waals surface area contributed by atoms with Crippen LogP contribution in [0, 0.1) is 5.82 Å². The summed E-state index contributed by atoms with van der Waals surface area (Å²) < 4.78 is 13.6. The van der Waals surface area contributed by atoms with Gasteiger partial charge in [-0.1, -0.05) is 17.4 Å². The van der Waals surface area contributed by atoms with Crippen molar-refractivity contribution in [1.29, 1.82) is 0 Å². The largest absolute Gasteiger partial charge is 0.499 e. The molecule has 0 saturated carbocycles. The topological polar surface area (TPSA) is 60.7 Å². The minimum atomic E-state index is -1.70. The monoisotopic (exact) mass is 212 g/mol. The van der Waals surface area contributed by atoms with E-state index in [1.54, 1.807) is 0 Å². The third-order valence-corrected chi connectivity index (χ3v) is 2.84. The van der Waals surface area contributed by atoms with E-state index >= 15 is 0 Å². The fraction of sp³-hybridized carbons (Fsp3) is 0. The van der Waals surface area contributed by atoms with Crippen LogP contribution in [0.1, 0.15) is 0 Å². The van der Waals surface area contributed by atoms with Gasteiger partial charge in [0.1, 0.15) is 5.82 Å². The van der Waals surface area contributed by atoms with Crippen LogP contribution in [-0.2, 0) is 0 Å². The fourth-order valence-corrected chi connectivity index (χ4v) is 2.05. The number of halogens is 1. The average Bonchev–Trinajstić information content (AvgIpc) is 2.45. The van der Waals surface area contributed by atoms with Crippen molar-refractivity contribution in [1.82, 2.24) is 0 Å². The van der Waals surface area contributed by atoms with Crippen molar-refractivity contribution in [2.45, 2.75) is 0 Å². The number of hydrogen-bond acceptors (Lipinski definition) is 4. The van der Waals surface area contributed by atoms with Crippen molar-refractivity contribution in [3.8, 4) is 5.06 Å². The Hall–Kier alpha value is -1.11. The van der Waals surface area contributed by atoms with E-state index in [9.17, 15) is 4.39 Å². The third-order valence-electron chi connectivity index (χ3n) is 1.88. The Kier molecular flexibility index (Phi) is 2.18. The first-order valence-electron chi connectivity index (χ1n) is 3.86. The van der Waals surface area contributed by atoms with Gasteiger partial charge in [0.15, 0.2) is 5.06 Å². The predicted molar refractivity (Wildman–Crippen MR) is 53.3 cm³/mol. The Labute approximate surface area is 83.2 Å². The molecular weight excluding hydrogens is 206 g/mol. The zero-order valence-electron chi connectivity index (χ0n) is 6.94. The van der Waals surface area contributed by atoms with Gasteiger partial charge >= 0.3 is 7.12 Å². The van der Waals surface area contributed by atoms with E-state index in [2.05, 4.69) is 0 Å². The first kappa shape index (κ1) is 9.45. The molecule has 0 fully saturated rings. The molecule has 1 heterocycles. The molecule has 3 nitrogen and oxygen atoms in total. The van der Waals surface area contributed by atoms with Crippen molar-refractivity contribution in [3.05, 3.63) is 24.0 Å². The third kappa shape index (κ3) is 1.47. The van der Waals surface area contributed by atoms with Crippen LogP contribution >= 0.6 is 11.3 Å². The smallest absolute Gasteiger partial charge is 0.488 e. The van der Waals surface area contributed by atoms with Crippen LogP contribution in [-0.4, -0.2) is 22.3 Å². The lowest BCUT2D eigenvalue weighted by Gasteiger charge is -1.99. The Morgan fingerprint density at radius 1 is 1.21 bits per heavy atom. The van der Waals surface area contributed by atoms with Gasteiger partial charge in [0.05, 0.1) is 4.70 Å². The highest BCUT2D eigenvalue weighted by molar-refractivity contribution is 7.20. The van der Waals surface area contributed by atoms with Gasteiger partial charge < -0.3 is 15.2 Å². The van der Waals surface area contributed by atoms with E-state index in [4.69, 9.17) is 15.2 Å². The maximum Gasteiger partial charge on any atom is 0.488 e. The first-order chi connectivity index (χ1) is 6.58. The van der Waals surface area contributed by atoms with Gasteiger partial charge in [0, 0.05) is 0 Å². The summed E-state index contributed by atoms with van der Waals surface area (Å²) in [4.78, 5) is 0. The zero-order valence-corrected chi connectivity index (χ0v) is 7.75. The second-order valence-corrected chi connectivity index (χ2v) is 3.91. The highest BCUT2D eigenvalue weighted by Crippen LogP contribution is 2.31. The molecule has 0 saturated heterocycles. The number of thiophene rings is 1. The summed E-state index contributed by atoms with van der Waals surface area (Å²) >= 11 is 0.916. The van der Waals surface area contributed by atoms with Gasteiger partial charge in [-0.3, -0.25) is 0 Å². The second-order valence-electron chi connectivity index (χ2n) is 2.88. The molecule has 0 aliphatic carbocycles. The molecule has 6 heteroatoms. The molecule has 0 unspecified atom stereocenters. The number of hydrogen-bond donors (Lipinski definition) is 3. The molecular formula is C8H6BFO3S. The van der Waals surface area contributed by atoms with Gasteiger partial charge in [0.2, 0.25) is 0 Å². The van der Waals surface area contributed by atoms with Gasteiger partial charge in [-0.15, -0.1) is 0 Å². The molecule has 14 heavy (non-hydrogen) atoms. The average molecular weight is 212 g/mol. The van der Waals surface area contributed by atoms with Crippen LogP contribution in [0.3, 0.4) is 0 Å². The predicted octanol–water partition coefficient (Wildman–Crippen LogP) is 0.426. The van der Waals surface area contributed by atoms with Crippen molar-refractivity contribution in [2.75, 3.05) is 0 Å². The van der Waals surface area contributed by atoms with Crippen LogP contribution in [0.5, 0.6) is 5.06 Å². The number of rotatable bonds is 1. The van der Waals surface area contributed by atoms with E-state index in [0.29, 0.717) is 10.1 Å². The van der Waals surface area contributed by atoms with Crippen molar-refractivity contribution < 1.29 is 19.5 Å². The minimum absolute atomic E-state index is 0.00322. The van der Waals surface area contributed by atoms with Crippen LogP contribution in [0.25, 0.3) is 10.1 Å². The summed E-state index contributed by atoms with van der Waals surface area (Å²) in [6.07, 6.45) is 0. The van der Waals surface area contributed by atoms with Gasteiger partial charge in [-0.2, -0.15) is 0 Å². The molecule has 0 amide bonds. The quantitative estimate of drug-likeness (QED) is 0.600. The lowest BCUT2D eigenvalue weighted by Crippen LogP contribution is -2.29. The minimum Gasteiger partial charge on any atom is -0.499 e. The normalized spacial score (nSPS) is 10.8. The van der Waals surface area contributed by atoms with Crippen molar-refractivity contribution >= 4 is 34.0 Å². The summed E-state index contributed by atoms with van der Waals surface area (Å²) in [5, 5.41) is 27.3. The summed E-state index contributed by atoms with van der Waals surface area (Å²) in [7, 11) is -1.70. The molecule has 72 valence electrons.